The second-order valence-corrected chi connectivity index (χ2v) is 5.69. The molecule has 1 aliphatic heterocycles. The standard InChI is InChI=1S/C17H19N3O3/c1-11-8-16(21)20-15(19-11)6-7-18-17(22)13-9-12-4-2-3-5-14(12)23-10-13/h2-5,8,13H,6-7,9-10H2,1H3,(H,18,22)(H,19,20,21)/t13-/m1/s1. The average Bonchev–Trinajstić information content (AvgIpc) is 2.53. The molecule has 0 saturated heterocycles. The molecule has 2 aromatic rings. The molecule has 0 unspecified atom stereocenters. The van der Waals surface area contributed by atoms with Gasteiger partial charge in [0.1, 0.15) is 18.2 Å². The summed E-state index contributed by atoms with van der Waals surface area (Å²) in [6.45, 7) is 2.60. The molecule has 0 bridgehead atoms. The third kappa shape index (κ3) is 3.77. The first-order chi connectivity index (χ1) is 11.1. The Morgan fingerprint density at radius 1 is 1.43 bits per heavy atom. The van der Waals surface area contributed by atoms with Gasteiger partial charge in [-0.2, -0.15) is 0 Å². The Morgan fingerprint density at radius 3 is 3.09 bits per heavy atom. The van der Waals surface area contributed by atoms with E-state index in [0.717, 1.165) is 11.3 Å². The van der Waals surface area contributed by atoms with Crippen LogP contribution in [0.2, 0.25) is 0 Å². The molecule has 2 heterocycles. The molecule has 0 radical (unpaired) electrons. The highest BCUT2D eigenvalue weighted by Gasteiger charge is 2.25. The first-order valence-electron chi connectivity index (χ1n) is 7.67. The minimum atomic E-state index is -0.186. The van der Waals surface area contributed by atoms with Crippen molar-refractivity contribution in [2.24, 2.45) is 5.92 Å². The highest BCUT2D eigenvalue weighted by molar-refractivity contribution is 5.79. The van der Waals surface area contributed by atoms with E-state index in [4.69, 9.17) is 4.74 Å². The third-order valence-electron chi connectivity index (χ3n) is 3.83. The Hall–Kier alpha value is -2.63. The summed E-state index contributed by atoms with van der Waals surface area (Å²) in [5, 5.41) is 2.89. The van der Waals surface area contributed by atoms with E-state index >= 15 is 0 Å². The molecule has 1 aliphatic rings. The number of aromatic nitrogens is 2. The number of benzene rings is 1. The number of aromatic amines is 1. The van der Waals surface area contributed by atoms with Crippen LogP contribution in [-0.4, -0.2) is 29.0 Å². The van der Waals surface area contributed by atoms with Crippen molar-refractivity contribution >= 4 is 5.91 Å². The second-order valence-electron chi connectivity index (χ2n) is 5.69. The van der Waals surface area contributed by atoms with Gasteiger partial charge < -0.3 is 15.0 Å². The zero-order chi connectivity index (χ0) is 16.2. The van der Waals surface area contributed by atoms with Gasteiger partial charge in [0.2, 0.25) is 5.91 Å². The van der Waals surface area contributed by atoms with Crippen LogP contribution in [0.25, 0.3) is 0 Å². The molecule has 1 atom stereocenters. The topological polar surface area (TPSA) is 84.1 Å². The van der Waals surface area contributed by atoms with E-state index in [9.17, 15) is 9.59 Å². The number of fused-ring (bicyclic) bond motifs is 1. The fourth-order valence-electron chi connectivity index (χ4n) is 2.70. The van der Waals surface area contributed by atoms with E-state index in [2.05, 4.69) is 15.3 Å². The van der Waals surface area contributed by atoms with Crippen molar-refractivity contribution in [2.75, 3.05) is 13.2 Å². The number of para-hydroxylation sites is 1. The lowest BCUT2D eigenvalue weighted by atomic mass is 9.96. The number of H-pyrrole nitrogens is 1. The molecule has 1 amide bonds. The highest BCUT2D eigenvalue weighted by atomic mass is 16.5. The Morgan fingerprint density at radius 2 is 2.26 bits per heavy atom. The van der Waals surface area contributed by atoms with Crippen molar-refractivity contribution < 1.29 is 9.53 Å². The number of amides is 1. The van der Waals surface area contributed by atoms with Crippen LogP contribution in [-0.2, 0) is 17.6 Å². The zero-order valence-corrected chi connectivity index (χ0v) is 13.0. The van der Waals surface area contributed by atoms with Gasteiger partial charge in [-0.25, -0.2) is 4.98 Å². The average molecular weight is 313 g/mol. The summed E-state index contributed by atoms with van der Waals surface area (Å²) < 4.78 is 5.63. The van der Waals surface area contributed by atoms with E-state index in [1.807, 2.05) is 24.3 Å². The van der Waals surface area contributed by atoms with Gasteiger partial charge in [-0.1, -0.05) is 18.2 Å². The molecule has 2 N–H and O–H groups in total. The van der Waals surface area contributed by atoms with Crippen molar-refractivity contribution in [1.82, 2.24) is 15.3 Å². The van der Waals surface area contributed by atoms with Crippen LogP contribution in [0, 0.1) is 12.8 Å². The molecule has 0 spiro atoms. The third-order valence-corrected chi connectivity index (χ3v) is 3.83. The van der Waals surface area contributed by atoms with Gasteiger partial charge in [-0.3, -0.25) is 9.59 Å². The van der Waals surface area contributed by atoms with Gasteiger partial charge in [0.25, 0.3) is 5.56 Å². The maximum atomic E-state index is 12.2. The van der Waals surface area contributed by atoms with Crippen LogP contribution in [0.1, 0.15) is 17.1 Å². The molecule has 1 aromatic carbocycles. The van der Waals surface area contributed by atoms with Gasteiger partial charge in [0.05, 0.1) is 5.92 Å². The van der Waals surface area contributed by atoms with Gasteiger partial charge in [-0.15, -0.1) is 0 Å². The lowest BCUT2D eigenvalue weighted by Gasteiger charge is -2.24. The summed E-state index contributed by atoms with van der Waals surface area (Å²) in [7, 11) is 0. The molecule has 0 saturated carbocycles. The lowest BCUT2D eigenvalue weighted by Crippen LogP contribution is -2.38. The van der Waals surface area contributed by atoms with E-state index < -0.39 is 0 Å². The van der Waals surface area contributed by atoms with E-state index in [0.29, 0.717) is 37.5 Å². The largest absolute Gasteiger partial charge is 0.492 e. The van der Waals surface area contributed by atoms with Crippen LogP contribution in [0.4, 0.5) is 0 Å². The summed E-state index contributed by atoms with van der Waals surface area (Å²) in [5.74, 6) is 1.22. The Balaban J connectivity index is 1.53. The number of hydrogen-bond donors (Lipinski definition) is 2. The summed E-state index contributed by atoms with van der Waals surface area (Å²) in [6, 6.07) is 9.22. The van der Waals surface area contributed by atoms with Gasteiger partial charge in [0, 0.05) is 24.7 Å². The molecule has 1 aromatic heterocycles. The van der Waals surface area contributed by atoms with Crippen molar-refractivity contribution in [3.05, 3.63) is 57.8 Å². The van der Waals surface area contributed by atoms with Gasteiger partial charge >= 0.3 is 0 Å². The quantitative estimate of drug-likeness (QED) is 0.881. The summed E-state index contributed by atoms with van der Waals surface area (Å²) in [6.07, 6.45) is 1.17. The minimum Gasteiger partial charge on any atom is -0.492 e. The maximum Gasteiger partial charge on any atom is 0.251 e. The molecule has 6 heteroatoms. The van der Waals surface area contributed by atoms with Crippen molar-refractivity contribution in [2.45, 2.75) is 19.8 Å². The number of carbonyl (C=O) groups excluding carboxylic acids is 1. The molecular weight excluding hydrogens is 294 g/mol. The Kier molecular flexibility index (Phi) is 4.41. The summed E-state index contributed by atoms with van der Waals surface area (Å²) in [4.78, 5) is 30.5. The van der Waals surface area contributed by atoms with Crippen molar-refractivity contribution in [1.29, 1.82) is 0 Å². The molecule has 0 aliphatic carbocycles. The number of carbonyl (C=O) groups is 1. The number of rotatable bonds is 4. The lowest BCUT2D eigenvalue weighted by molar-refractivity contribution is -0.126. The SMILES string of the molecule is Cc1cc(=O)[nH]c(CCNC(=O)[C@H]2COc3ccccc3C2)n1. The van der Waals surface area contributed by atoms with Crippen LogP contribution in [0.3, 0.4) is 0 Å². The number of ether oxygens (including phenoxy) is 1. The molecule has 3 rings (SSSR count). The molecule has 0 fully saturated rings. The summed E-state index contributed by atoms with van der Waals surface area (Å²) >= 11 is 0. The molecular formula is C17H19N3O3. The predicted octanol–water partition coefficient (Wildman–Crippen LogP) is 0.988. The van der Waals surface area contributed by atoms with E-state index in [1.165, 1.54) is 6.07 Å². The zero-order valence-electron chi connectivity index (χ0n) is 13.0. The maximum absolute atomic E-state index is 12.2. The Bertz CT molecular complexity index is 770. The van der Waals surface area contributed by atoms with Crippen LogP contribution >= 0.6 is 0 Å². The smallest absolute Gasteiger partial charge is 0.251 e. The predicted molar refractivity (Wildman–Crippen MR) is 85.4 cm³/mol. The van der Waals surface area contributed by atoms with E-state index in [-0.39, 0.29) is 17.4 Å². The number of aryl methyl sites for hydroxylation is 1. The number of nitrogens with zero attached hydrogens (tertiary/aromatic N) is 1. The summed E-state index contributed by atoms with van der Waals surface area (Å²) in [5.41, 5.74) is 1.56. The van der Waals surface area contributed by atoms with Crippen molar-refractivity contribution in [3.63, 3.8) is 0 Å². The second kappa shape index (κ2) is 6.64. The molecule has 120 valence electrons. The van der Waals surface area contributed by atoms with Crippen molar-refractivity contribution in [3.8, 4) is 5.75 Å². The molecule has 6 nitrogen and oxygen atoms in total. The van der Waals surface area contributed by atoms with Crippen LogP contribution < -0.4 is 15.6 Å². The van der Waals surface area contributed by atoms with Crippen LogP contribution in [0.5, 0.6) is 5.75 Å². The van der Waals surface area contributed by atoms with E-state index in [1.54, 1.807) is 6.92 Å². The fraction of sp³-hybridized carbons (Fsp3) is 0.353. The molecule has 23 heavy (non-hydrogen) atoms. The van der Waals surface area contributed by atoms with Gasteiger partial charge in [-0.05, 0) is 25.0 Å². The highest BCUT2D eigenvalue weighted by Crippen LogP contribution is 2.26. The first kappa shape index (κ1) is 15.3. The Labute approximate surface area is 133 Å². The minimum absolute atomic E-state index is 0.0329. The van der Waals surface area contributed by atoms with Crippen LogP contribution in [0.15, 0.2) is 35.1 Å². The monoisotopic (exact) mass is 313 g/mol. The van der Waals surface area contributed by atoms with Gasteiger partial charge in [0.15, 0.2) is 0 Å². The fourth-order valence-corrected chi connectivity index (χ4v) is 2.70. The normalized spacial score (nSPS) is 16.3. The number of hydrogen-bond acceptors (Lipinski definition) is 4. The first-order valence-corrected chi connectivity index (χ1v) is 7.67. The number of nitrogens with one attached hydrogen (secondary N) is 2.